The van der Waals surface area contributed by atoms with Gasteiger partial charge in [-0.05, 0) is 87.5 Å². The van der Waals surface area contributed by atoms with E-state index in [-0.39, 0.29) is 87.4 Å². The number of hydrogen-bond acceptors (Lipinski definition) is 19. The van der Waals surface area contributed by atoms with Crippen molar-refractivity contribution in [1.82, 2.24) is 78.1 Å². The van der Waals surface area contributed by atoms with Gasteiger partial charge in [-0.1, -0.05) is 67.9 Å². The first-order chi connectivity index (χ1) is 46.3. The van der Waals surface area contributed by atoms with Crippen LogP contribution in [-0.4, -0.2) is 213 Å². The number of amides is 10. The third-order valence-corrected chi connectivity index (χ3v) is 17.9. The molecule has 2 aromatic heterocycles. The number of unbranched alkanes of at least 4 members (excludes halogenated alkanes) is 1. The number of aliphatic hydroxyl groups is 1. The molecule has 2 bridgehead atoms. The number of aryl methyl sites for hydroxylation is 1. The van der Waals surface area contributed by atoms with Gasteiger partial charge in [0, 0.05) is 94.0 Å². The number of phenols is 1. The summed E-state index contributed by atoms with van der Waals surface area (Å²) in [5.74, 6) is -4.72. The molecule has 0 radical (unpaired) electrons. The average molecular weight is 1360 g/mol. The SMILES string of the molecule is CC(C)C[C@@H]1NC(=O)[C@H](Cc2ccc(O)cc2)NC(=O)[C@H](Cc2ccccc2)NC(=O)[C@@H](N)Cc2cn(nn2)CCCC[C@@H](C(=O)NCCCOCCOCCOCCCNC(=O)CCCC[C@H]2SC[C@H]3NC(=O)N[C@H]32)NC(=O)[C@H](Cc2cnc[nH]2)NC(=O)[C@H]([C@H](C)O)NC1=O. The van der Waals surface area contributed by atoms with Crippen LogP contribution < -0.4 is 58.9 Å². The number of phenolic OH excluding ortho intramolecular Hbond substituents is 1. The summed E-state index contributed by atoms with van der Waals surface area (Å²) >= 11 is 1.87. The second-order valence-corrected chi connectivity index (χ2v) is 26.1. The maximum absolute atomic E-state index is 14.6. The fraction of sp³-hybridized carbons (Fsp3) is 0.600. The predicted octanol–water partition coefficient (Wildman–Crippen LogP) is -0.388. The molecule has 15 N–H and O–H groups in total. The van der Waals surface area contributed by atoms with Crippen LogP contribution in [0.4, 0.5) is 4.79 Å². The zero-order valence-corrected chi connectivity index (χ0v) is 55.7. The van der Waals surface area contributed by atoms with Crippen molar-refractivity contribution in [2.75, 3.05) is 58.5 Å². The number of urea groups is 1. The zero-order chi connectivity index (χ0) is 68.8. The van der Waals surface area contributed by atoms with Crippen molar-refractivity contribution in [1.29, 1.82) is 0 Å². The first kappa shape index (κ1) is 75.2. The van der Waals surface area contributed by atoms with Gasteiger partial charge in [-0.15, -0.1) is 5.10 Å². The summed E-state index contributed by atoms with van der Waals surface area (Å²) in [6.07, 6.45) is 7.77. The topological polar surface area (TPSA) is 427 Å². The largest absolute Gasteiger partial charge is 0.508 e. The van der Waals surface area contributed by atoms with Crippen molar-refractivity contribution < 1.29 is 67.6 Å². The molecular weight excluding hydrogens is 1260 g/mol. The van der Waals surface area contributed by atoms with Crippen LogP contribution in [0.3, 0.4) is 0 Å². The first-order valence-corrected chi connectivity index (χ1v) is 34.2. The summed E-state index contributed by atoms with van der Waals surface area (Å²) in [6, 6.07) is 5.70. The van der Waals surface area contributed by atoms with E-state index >= 15 is 0 Å². The number of fused-ring (bicyclic) bond motifs is 3. The van der Waals surface area contributed by atoms with Crippen LogP contribution in [0.25, 0.3) is 0 Å². The van der Waals surface area contributed by atoms with Crippen molar-refractivity contribution in [3.8, 4) is 5.75 Å². The number of benzene rings is 2. The summed E-state index contributed by atoms with van der Waals surface area (Å²) in [4.78, 5) is 131. The standard InChI is InChI=1S/C65H96N16O14S/c1-40(2)31-49-63(90)77-56(41(3)82)64(91)75-52(35-44-36-67-39-70-44)62(89)71-48(59(86)69-23-12-26-94-28-30-95-29-27-93-25-11-22-68-55(84)17-8-7-16-54-57-53(38-96-54)76-65(92)78-57)15-9-10-24-81-37-45(79-80-81)34-47(66)58(85)72-50(32-42-13-5-4-6-14-42)60(87)74-51(61(88)73-49)33-43-18-20-46(83)21-19-43/h4-6,13-14,18-21,36-37,39-41,47-54,56-57,82-83H,7-12,15-17,22-35,38,66H2,1-3H3,(H,67,70)(H,68,84)(H,69,86)(H,71,89)(H,72,85)(H,73,88)(H,74,87)(H,75,91)(H,77,90)(H2,76,78,92)/t41-,47-,48-,49-,50-,51-,52-,53+,54+,56-,57+/m0/s1. The smallest absolute Gasteiger partial charge is 0.315 e. The Balaban J connectivity index is 0.946. The van der Waals surface area contributed by atoms with Gasteiger partial charge in [-0.3, -0.25) is 43.0 Å². The minimum absolute atomic E-state index is 0.00688. The molecule has 3 aliphatic heterocycles. The van der Waals surface area contributed by atoms with E-state index < -0.39 is 89.7 Å². The molecule has 5 heterocycles. The molecule has 2 fully saturated rings. The molecule has 31 heteroatoms. The van der Waals surface area contributed by atoms with Crippen LogP contribution in [-0.2, 0) is 84.8 Å². The summed E-state index contributed by atoms with van der Waals surface area (Å²) in [5.41, 5.74) is 8.48. The highest BCUT2D eigenvalue weighted by atomic mass is 32.2. The number of thioether (sulfide) groups is 1. The Hall–Kier alpha value is -8.23. The second kappa shape index (κ2) is 39.7. The average Bonchev–Trinajstić information content (AvgIpc) is 1.59. The van der Waals surface area contributed by atoms with E-state index in [2.05, 4.69) is 73.4 Å². The van der Waals surface area contributed by atoms with E-state index in [0.29, 0.717) is 106 Å². The van der Waals surface area contributed by atoms with Gasteiger partial charge in [0.05, 0.1) is 62.7 Å². The molecule has 0 aliphatic carbocycles. The van der Waals surface area contributed by atoms with E-state index in [1.54, 1.807) is 67.2 Å². The van der Waals surface area contributed by atoms with E-state index in [0.717, 1.165) is 25.0 Å². The number of nitrogens with zero attached hydrogens (tertiary/aromatic N) is 4. The molecule has 0 unspecified atom stereocenters. The molecule has 526 valence electrons. The lowest BCUT2D eigenvalue weighted by Gasteiger charge is -2.29. The molecule has 30 nitrogen and oxygen atoms in total. The van der Waals surface area contributed by atoms with Crippen LogP contribution in [0, 0.1) is 5.92 Å². The molecule has 96 heavy (non-hydrogen) atoms. The van der Waals surface area contributed by atoms with Crippen molar-refractivity contribution in [3.63, 3.8) is 0 Å². The number of aliphatic hydroxyl groups excluding tert-OH is 1. The minimum Gasteiger partial charge on any atom is -0.508 e. The van der Waals surface area contributed by atoms with Crippen LogP contribution >= 0.6 is 11.8 Å². The number of aromatic nitrogens is 5. The highest BCUT2D eigenvalue weighted by molar-refractivity contribution is 8.00. The van der Waals surface area contributed by atoms with Gasteiger partial charge in [-0.2, -0.15) is 11.8 Å². The molecular formula is C65H96N16O14S. The van der Waals surface area contributed by atoms with Crippen LogP contribution in [0.2, 0.25) is 0 Å². The number of nitrogens with one attached hydrogen (secondary N) is 11. The van der Waals surface area contributed by atoms with Crippen molar-refractivity contribution >= 4 is 65.1 Å². The third-order valence-electron chi connectivity index (χ3n) is 16.4. The Morgan fingerprint density at radius 1 is 0.688 bits per heavy atom. The highest BCUT2D eigenvalue weighted by Crippen LogP contribution is 2.33. The normalized spacial score (nSPS) is 23.8. The quantitative estimate of drug-likeness (QED) is 0.0243. The van der Waals surface area contributed by atoms with Crippen LogP contribution in [0.5, 0.6) is 5.75 Å². The van der Waals surface area contributed by atoms with Gasteiger partial charge in [0.2, 0.25) is 47.3 Å². The number of hydrogen-bond donors (Lipinski definition) is 14. The Labute approximate surface area is 563 Å². The van der Waals surface area contributed by atoms with Crippen LogP contribution in [0.1, 0.15) is 107 Å². The fourth-order valence-electron chi connectivity index (χ4n) is 11.2. The lowest BCUT2D eigenvalue weighted by Crippen LogP contribution is -2.62. The van der Waals surface area contributed by atoms with Crippen molar-refractivity contribution in [2.45, 2.75) is 183 Å². The number of aromatic amines is 1. The minimum atomic E-state index is -1.69. The molecule has 0 saturated carbocycles. The molecule has 7 rings (SSSR count). The zero-order valence-electron chi connectivity index (χ0n) is 54.9. The highest BCUT2D eigenvalue weighted by Gasteiger charge is 2.43. The monoisotopic (exact) mass is 1360 g/mol. The molecule has 3 aliphatic rings. The van der Waals surface area contributed by atoms with Crippen molar-refractivity contribution in [3.05, 3.63) is 95.8 Å². The summed E-state index contributed by atoms with van der Waals surface area (Å²) in [5, 5.41) is 58.2. The maximum Gasteiger partial charge on any atom is 0.315 e. The van der Waals surface area contributed by atoms with Crippen LogP contribution in [0.15, 0.2) is 73.3 Å². The van der Waals surface area contributed by atoms with E-state index in [9.17, 15) is 53.4 Å². The van der Waals surface area contributed by atoms with Gasteiger partial charge < -0.3 is 88.3 Å². The Bertz CT molecular complexity index is 3110. The van der Waals surface area contributed by atoms with E-state index in [1.807, 2.05) is 11.8 Å². The fourth-order valence-corrected chi connectivity index (χ4v) is 12.8. The van der Waals surface area contributed by atoms with E-state index in [4.69, 9.17) is 19.9 Å². The number of nitrogens with two attached hydrogens (primary N) is 1. The van der Waals surface area contributed by atoms with E-state index in [1.165, 1.54) is 31.6 Å². The number of rotatable bonds is 29. The maximum atomic E-state index is 14.6. The Morgan fingerprint density at radius 2 is 1.30 bits per heavy atom. The molecule has 0 spiro atoms. The number of carbonyl (C=O) groups is 9. The number of aromatic hydroxyl groups is 1. The van der Waals surface area contributed by atoms with Gasteiger partial charge in [-0.25, -0.2) is 9.78 Å². The summed E-state index contributed by atoms with van der Waals surface area (Å²) in [6.45, 7) is 7.96. The lowest BCUT2D eigenvalue weighted by atomic mass is 9.99. The molecule has 10 amide bonds. The predicted molar refractivity (Wildman–Crippen MR) is 354 cm³/mol. The molecule has 2 saturated heterocycles. The third kappa shape index (κ3) is 25.7. The second-order valence-electron chi connectivity index (χ2n) is 24.8. The Morgan fingerprint density at radius 3 is 1.97 bits per heavy atom. The number of ether oxygens (including phenoxy) is 3. The number of imidazole rings is 1. The van der Waals surface area contributed by atoms with Gasteiger partial charge in [0.25, 0.3) is 0 Å². The number of carbonyl (C=O) groups excluding carboxylic acids is 9. The van der Waals surface area contributed by atoms with Gasteiger partial charge >= 0.3 is 6.03 Å². The first-order valence-electron chi connectivity index (χ1n) is 33.2. The number of H-pyrrole nitrogens is 1. The summed E-state index contributed by atoms with van der Waals surface area (Å²) in [7, 11) is 0. The Kier molecular flexibility index (Phi) is 31.1. The molecule has 11 atom stereocenters. The molecule has 4 aromatic rings. The van der Waals surface area contributed by atoms with Crippen molar-refractivity contribution in [2.24, 2.45) is 11.7 Å². The van der Waals surface area contributed by atoms with Gasteiger partial charge in [0.15, 0.2) is 0 Å². The summed E-state index contributed by atoms with van der Waals surface area (Å²) < 4.78 is 18.6. The molecule has 2 aromatic carbocycles. The lowest BCUT2D eigenvalue weighted by molar-refractivity contribution is -0.137. The van der Waals surface area contributed by atoms with Gasteiger partial charge in [0.1, 0.15) is 42.0 Å².